The molecule has 0 spiro atoms. The minimum absolute atomic E-state index is 0.189. The summed E-state index contributed by atoms with van der Waals surface area (Å²) in [5.41, 5.74) is 5.04. The Balaban J connectivity index is 1.22. The fourth-order valence-electron chi connectivity index (χ4n) is 4.90. The molecule has 2 aliphatic rings. The molecule has 3 aromatic rings. The number of anilines is 3. The van der Waals surface area contributed by atoms with Gasteiger partial charge in [-0.15, -0.1) is 0 Å². The molecule has 0 aliphatic carbocycles. The third-order valence-corrected chi connectivity index (χ3v) is 7.82. The third kappa shape index (κ3) is 4.34. The Labute approximate surface area is 210 Å². The van der Waals surface area contributed by atoms with Crippen LogP contribution in [0.15, 0.2) is 94.4 Å². The zero-order valence-corrected chi connectivity index (χ0v) is 21.0. The number of allylic oxidation sites excluding steroid dienone is 1. The van der Waals surface area contributed by atoms with E-state index < -0.39 is 0 Å². The first-order chi connectivity index (χ1) is 16.9. The van der Waals surface area contributed by atoms with Gasteiger partial charge in [-0.05, 0) is 35.9 Å². The number of ketones is 1. The van der Waals surface area contributed by atoms with Crippen molar-refractivity contribution in [3.05, 3.63) is 90.1 Å². The van der Waals surface area contributed by atoms with Crippen molar-refractivity contribution in [2.24, 2.45) is 0 Å². The Morgan fingerprint density at radius 2 is 1.46 bits per heavy atom. The molecule has 0 radical (unpaired) electrons. The molecule has 178 valence electrons. The topological polar surface area (TPSA) is 49.9 Å². The van der Waals surface area contributed by atoms with E-state index in [4.69, 9.17) is 4.74 Å². The molecular formula is C29H28N2O3S. The number of rotatable bonds is 6. The van der Waals surface area contributed by atoms with Crippen molar-refractivity contribution >= 4 is 40.6 Å². The number of para-hydroxylation sites is 3. The molecule has 5 nitrogen and oxygen atoms in total. The highest BCUT2D eigenvalue weighted by Gasteiger charge is 2.38. The van der Waals surface area contributed by atoms with Gasteiger partial charge >= 0.3 is 5.97 Å². The van der Waals surface area contributed by atoms with E-state index in [2.05, 4.69) is 55.1 Å². The number of hydrogen-bond donors (Lipinski definition) is 0. The molecular weight excluding hydrogens is 456 g/mol. The van der Waals surface area contributed by atoms with Crippen LogP contribution in [0.25, 0.3) is 0 Å². The minimum atomic E-state index is -0.382. The number of carbonyl (C=O) groups excluding carboxylic acids is 2. The number of likely N-dealkylation sites (N-methyl/N-ethyl adjacent to an activating group) is 1. The number of benzene rings is 3. The van der Waals surface area contributed by atoms with Crippen molar-refractivity contribution in [1.29, 1.82) is 0 Å². The molecule has 0 aromatic heterocycles. The molecule has 35 heavy (non-hydrogen) atoms. The lowest BCUT2D eigenvalue weighted by Gasteiger charge is -2.32. The first-order valence-electron chi connectivity index (χ1n) is 11.7. The largest absolute Gasteiger partial charge is 0.457 e. The van der Waals surface area contributed by atoms with Gasteiger partial charge in [0.05, 0.1) is 17.8 Å². The maximum atomic E-state index is 12.7. The second kappa shape index (κ2) is 9.27. The highest BCUT2D eigenvalue weighted by atomic mass is 32.2. The molecule has 2 heterocycles. The summed E-state index contributed by atoms with van der Waals surface area (Å²) in [4.78, 5) is 31.8. The molecule has 0 fully saturated rings. The van der Waals surface area contributed by atoms with E-state index in [9.17, 15) is 9.59 Å². The van der Waals surface area contributed by atoms with Crippen molar-refractivity contribution in [3.8, 4) is 0 Å². The Bertz CT molecular complexity index is 1290. The summed E-state index contributed by atoms with van der Waals surface area (Å²) in [7, 11) is 1.96. The SMILES string of the molecule is CN1C(=CC(=O)COC(=O)CCN2c3ccccc3Sc3ccccc32)C(C)(C)c2ccccc21. The smallest absolute Gasteiger partial charge is 0.308 e. The van der Waals surface area contributed by atoms with Gasteiger partial charge in [-0.3, -0.25) is 9.59 Å². The third-order valence-electron chi connectivity index (χ3n) is 6.69. The van der Waals surface area contributed by atoms with Crippen molar-refractivity contribution in [2.45, 2.75) is 35.5 Å². The van der Waals surface area contributed by atoms with E-state index >= 15 is 0 Å². The maximum Gasteiger partial charge on any atom is 0.308 e. The van der Waals surface area contributed by atoms with Crippen LogP contribution >= 0.6 is 11.8 Å². The highest BCUT2D eigenvalue weighted by molar-refractivity contribution is 7.99. The van der Waals surface area contributed by atoms with Gasteiger partial charge in [-0.1, -0.05) is 68.1 Å². The molecule has 0 amide bonds. The Hall–Kier alpha value is -3.51. The van der Waals surface area contributed by atoms with Crippen LogP contribution in [0.3, 0.4) is 0 Å². The van der Waals surface area contributed by atoms with Crippen molar-refractivity contribution in [3.63, 3.8) is 0 Å². The molecule has 0 unspecified atom stereocenters. The molecule has 3 aromatic carbocycles. The van der Waals surface area contributed by atoms with Crippen molar-refractivity contribution in [1.82, 2.24) is 0 Å². The number of fused-ring (bicyclic) bond motifs is 3. The molecule has 2 aliphatic heterocycles. The van der Waals surface area contributed by atoms with Crippen LogP contribution in [0.4, 0.5) is 17.1 Å². The lowest BCUT2D eigenvalue weighted by molar-refractivity contribution is -0.146. The lowest BCUT2D eigenvalue weighted by atomic mass is 9.83. The number of ether oxygens (including phenoxy) is 1. The van der Waals surface area contributed by atoms with Gasteiger partial charge in [-0.2, -0.15) is 0 Å². The first-order valence-corrected chi connectivity index (χ1v) is 12.6. The second-order valence-electron chi connectivity index (χ2n) is 9.30. The highest BCUT2D eigenvalue weighted by Crippen LogP contribution is 2.48. The van der Waals surface area contributed by atoms with E-state index in [0.29, 0.717) is 6.54 Å². The van der Waals surface area contributed by atoms with Crippen LogP contribution in [0.2, 0.25) is 0 Å². The summed E-state index contributed by atoms with van der Waals surface area (Å²) < 4.78 is 5.38. The number of nitrogens with zero attached hydrogens (tertiary/aromatic N) is 2. The van der Waals surface area contributed by atoms with Crippen molar-refractivity contribution < 1.29 is 14.3 Å². The fraction of sp³-hybridized carbons (Fsp3) is 0.241. The van der Waals surface area contributed by atoms with Gasteiger partial charge in [-0.25, -0.2) is 0 Å². The van der Waals surface area contributed by atoms with Crippen LogP contribution in [0, 0.1) is 0 Å². The first kappa shape index (κ1) is 23.2. The molecule has 6 heteroatoms. The van der Waals surface area contributed by atoms with E-state index in [1.807, 2.05) is 48.3 Å². The second-order valence-corrected chi connectivity index (χ2v) is 10.4. The monoisotopic (exact) mass is 484 g/mol. The van der Waals surface area contributed by atoms with Crippen LogP contribution in [0.5, 0.6) is 0 Å². The Kier molecular flexibility index (Phi) is 6.15. The van der Waals surface area contributed by atoms with E-state index in [0.717, 1.165) is 32.6 Å². The lowest BCUT2D eigenvalue weighted by Crippen LogP contribution is -2.26. The van der Waals surface area contributed by atoms with Crippen LogP contribution < -0.4 is 9.80 Å². The van der Waals surface area contributed by atoms with Crippen molar-refractivity contribution in [2.75, 3.05) is 30.0 Å². The predicted octanol–water partition coefficient (Wildman–Crippen LogP) is 6.10. The summed E-state index contributed by atoms with van der Waals surface area (Å²) in [6.45, 7) is 4.43. The van der Waals surface area contributed by atoms with Crippen LogP contribution in [-0.2, 0) is 19.7 Å². The maximum absolute atomic E-state index is 12.7. The predicted molar refractivity (Wildman–Crippen MR) is 141 cm³/mol. The van der Waals surface area contributed by atoms with Gasteiger partial charge in [0.1, 0.15) is 0 Å². The Morgan fingerprint density at radius 1 is 0.886 bits per heavy atom. The number of esters is 1. The standard InChI is InChI=1S/C29H28N2O3S/c1-29(2)21-10-4-5-11-22(21)30(3)27(29)18-20(32)19-34-28(33)16-17-31-23-12-6-8-14-25(23)35-26-15-9-7-13-24(26)31/h4-15,18H,16-17,19H2,1-3H3. The number of carbonyl (C=O) groups is 2. The van der Waals surface area contributed by atoms with Gasteiger partial charge < -0.3 is 14.5 Å². The summed E-state index contributed by atoms with van der Waals surface area (Å²) >= 11 is 1.73. The zero-order chi connectivity index (χ0) is 24.6. The average molecular weight is 485 g/mol. The summed E-state index contributed by atoms with van der Waals surface area (Å²) in [6.07, 6.45) is 1.80. The summed E-state index contributed by atoms with van der Waals surface area (Å²) in [5, 5.41) is 0. The number of hydrogen-bond acceptors (Lipinski definition) is 6. The summed E-state index contributed by atoms with van der Waals surface area (Å²) in [5.74, 6) is -0.599. The molecule has 0 saturated heterocycles. The van der Waals surface area contributed by atoms with Gasteiger partial charge in [0.25, 0.3) is 0 Å². The van der Waals surface area contributed by atoms with Gasteiger partial charge in [0.15, 0.2) is 12.4 Å². The average Bonchev–Trinajstić information content (AvgIpc) is 3.06. The van der Waals surface area contributed by atoms with Gasteiger partial charge in [0, 0.05) is 46.3 Å². The molecule has 5 rings (SSSR count). The zero-order valence-electron chi connectivity index (χ0n) is 20.2. The molecule has 0 atom stereocenters. The van der Waals surface area contributed by atoms with E-state index in [1.54, 1.807) is 17.8 Å². The summed E-state index contributed by atoms with van der Waals surface area (Å²) in [6, 6.07) is 24.5. The fourth-order valence-corrected chi connectivity index (χ4v) is 6.00. The quantitative estimate of drug-likeness (QED) is 0.311. The molecule has 0 saturated carbocycles. The van der Waals surface area contributed by atoms with Gasteiger partial charge in [0.2, 0.25) is 0 Å². The Morgan fingerprint density at radius 3 is 2.09 bits per heavy atom. The minimum Gasteiger partial charge on any atom is -0.457 e. The van der Waals surface area contributed by atoms with E-state index in [1.165, 1.54) is 5.56 Å². The van der Waals surface area contributed by atoms with Crippen LogP contribution in [-0.4, -0.2) is 32.0 Å². The van der Waals surface area contributed by atoms with Crippen LogP contribution in [0.1, 0.15) is 25.8 Å². The molecule has 0 N–H and O–H groups in total. The van der Waals surface area contributed by atoms with E-state index in [-0.39, 0.29) is 30.2 Å². The molecule has 0 bridgehead atoms. The normalized spacial score (nSPS) is 16.5.